The van der Waals surface area contributed by atoms with Crippen molar-refractivity contribution in [1.82, 2.24) is 9.73 Å². The summed E-state index contributed by atoms with van der Waals surface area (Å²) in [6.45, 7) is 0.965. The second-order valence-corrected chi connectivity index (χ2v) is 7.99. The topological polar surface area (TPSA) is 119 Å². The number of phenols is 2. The smallest absolute Gasteiger partial charge is 0.271 e. The molecule has 0 bridgehead atoms. The first-order chi connectivity index (χ1) is 12.9. The molecular weight excluding hydrogens is 370 g/mol. The van der Waals surface area contributed by atoms with Crippen molar-refractivity contribution >= 4 is 22.1 Å². The molecule has 3 rings (SSSR count). The van der Waals surface area contributed by atoms with Gasteiger partial charge in [0.1, 0.15) is 0 Å². The van der Waals surface area contributed by atoms with E-state index in [1.165, 1.54) is 53.0 Å². The number of para-hydroxylation sites is 1. The monoisotopic (exact) mass is 389 g/mol. The van der Waals surface area contributed by atoms with Crippen LogP contribution in [0.15, 0.2) is 52.5 Å². The highest BCUT2D eigenvalue weighted by Gasteiger charge is 2.27. The fraction of sp³-hybridized carbons (Fsp3) is 0.222. The number of phenolic OH excluding ortho intramolecular Hbond substituents is 2. The zero-order valence-corrected chi connectivity index (χ0v) is 15.2. The molecule has 27 heavy (non-hydrogen) atoms. The van der Waals surface area contributed by atoms with Gasteiger partial charge in [-0.05, 0) is 43.2 Å². The Bertz CT molecular complexity index is 982. The predicted octanol–water partition coefficient (Wildman–Crippen LogP) is 1.65. The first-order valence-electron chi connectivity index (χ1n) is 8.34. The highest BCUT2D eigenvalue weighted by molar-refractivity contribution is 7.89. The molecule has 1 heterocycles. The lowest BCUT2D eigenvalue weighted by Gasteiger charge is -2.15. The van der Waals surface area contributed by atoms with Crippen molar-refractivity contribution in [3.63, 3.8) is 0 Å². The summed E-state index contributed by atoms with van der Waals surface area (Å²) in [6, 6.07) is 10.1. The number of nitrogens with zero attached hydrogens (tertiary/aromatic N) is 2. The highest BCUT2D eigenvalue weighted by Crippen LogP contribution is 2.26. The zero-order chi connectivity index (χ0) is 19.4. The first kappa shape index (κ1) is 18.9. The van der Waals surface area contributed by atoms with Crippen molar-refractivity contribution in [3.05, 3.63) is 53.6 Å². The van der Waals surface area contributed by atoms with E-state index in [9.17, 15) is 23.4 Å². The Morgan fingerprint density at radius 2 is 1.81 bits per heavy atom. The van der Waals surface area contributed by atoms with E-state index in [1.54, 1.807) is 0 Å². The van der Waals surface area contributed by atoms with Gasteiger partial charge in [-0.15, -0.1) is 0 Å². The van der Waals surface area contributed by atoms with Crippen LogP contribution in [0, 0.1) is 0 Å². The third kappa shape index (κ3) is 4.09. The third-order valence-electron chi connectivity index (χ3n) is 4.21. The molecule has 0 radical (unpaired) electrons. The molecule has 0 saturated carbocycles. The molecule has 9 heteroatoms. The SMILES string of the molecule is O=C(NN=Cc1cccc(O)c1O)c1cccc(S(=O)(=O)N2CCCC2)c1. The number of amides is 1. The number of rotatable bonds is 5. The number of carbonyl (C=O) groups is 1. The molecule has 8 nitrogen and oxygen atoms in total. The number of sulfonamides is 1. The molecule has 1 aliphatic rings. The Hall–Kier alpha value is -2.91. The van der Waals surface area contributed by atoms with Crippen LogP contribution in [0.3, 0.4) is 0 Å². The normalized spacial score (nSPS) is 15.3. The number of hydrazone groups is 1. The average Bonchev–Trinajstić information content (AvgIpc) is 3.21. The van der Waals surface area contributed by atoms with Crippen LogP contribution in [-0.2, 0) is 10.0 Å². The van der Waals surface area contributed by atoms with E-state index in [1.807, 2.05) is 0 Å². The van der Waals surface area contributed by atoms with Crippen LogP contribution in [0.4, 0.5) is 0 Å². The number of benzene rings is 2. The van der Waals surface area contributed by atoms with E-state index in [2.05, 4.69) is 10.5 Å². The minimum atomic E-state index is -3.61. The van der Waals surface area contributed by atoms with E-state index in [0.29, 0.717) is 13.1 Å². The quantitative estimate of drug-likeness (QED) is 0.408. The second-order valence-electron chi connectivity index (χ2n) is 6.05. The summed E-state index contributed by atoms with van der Waals surface area (Å²) in [7, 11) is -3.61. The van der Waals surface area contributed by atoms with Crippen LogP contribution >= 0.6 is 0 Å². The molecule has 1 fully saturated rings. The zero-order valence-electron chi connectivity index (χ0n) is 14.4. The fourth-order valence-electron chi connectivity index (χ4n) is 2.75. The summed E-state index contributed by atoms with van der Waals surface area (Å²) in [4.78, 5) is 12.3. The lowest BCUT2D eigenvalue weighted by atomic mass is 10.2. The highest BCUT2D eigenvalue weighted by atomic mass is 32.2. The molecule has 0 unspecified atom stereocenters. The predicted molar refractivity (Wildman–Crippen MR) is 99.3 cm³/mol. The standard InChI is InChI=1S/C18H19N3O5S/c22-16-8-4-6-14(17(16)23)12-19-20-18(24)13-5-3-7-15(11-13)27(25,26)21-9-1-2-10-21/h3-8,11-12,22-23H,1-2,9-10H2,(H,20,24). The second kappa shape index (κ2) is 7.77. The minimum absolute atomic E-state index is 0.0617. The van der Waals surface area contributed by atoms with Gasteiger partial charge < -0.3 is 10.2 Å². The largest absolute Gasteiger partial charge is 0.504 e. The van der Waals surface area contributed by atoms with Gasteiger partial charge in [-0.3, -0.25) is 4.79 Å². The Morgan fingerprint density at radius 3 is 2.56 bits per heavy atom. The molecule has 142 valence electrons. The Kier molecular flexibility index (Phi) is 5.43. The van der Waals surface area contributed by atoms with E-state index < -0.39 is 15.9 Å². The maximum atomic E-state index is 12.6. The van der Waals surface area contributed by atoms with Crippen molar-refractivity contribution < 1.29 is 23.4 Å². The first-order valence-corrected chi connectivity index (χ1v) is 9.78. The average molecular weight is 389 g/mol. The van der Waals surface area contributed by atoms with Crippen molar-refractivity contribution in [2.45, 2.75) is 17.7 Å². The van der Waals surface area contributed by atoms with Gasteiger partial charge in [-0.25, -0.2) is 13.8 Å². The Morgan fingerprint density at radius 1 is 1.11 bits per heavy atom. The molecule has 2 aromatic carbocycles. The van der Waals surface area contributed by atoms with Crippen LogP contribution in [0.5, 0.6) is 11.5 Å². The number of hydrogen-bond acceptors (Lipinski definition) is 6. The van der Waals surface area contributed by atoms with Gasteiger partial charge in [0, 0.05) is 24.2 Å². The maximum Gasteiger partial charge on any atom is 0.271 e. The van der Waals surface area contributed by atoms with Crippen LogP contribution in [0.2, 0.25) is 0 Å². The van der Waals surface area contributed by atoms with E-state index >= 15 is 0 Å². The molecule has 0 aromatic heterocycles. The molecule has 1 amide bonds. The number of hydrogen-bond donors (Lipinski definition) is 3. The van der Waals surface area contributed by atoms with Crippen molar-refractivity contribution in [2.75, 3.05) is 13.1 Å². The van der Waals surface area contributed by atoms with Gasteiger partial charge in [0.2, 0.25) is 10.0 Å². The molecular formula is C18H19N3O5S. The molecule has 0 aliphatic carbocycles. The summed E-state index contributed by atoms with van der Waals surface area (Å²) in [6.07, 6.45) is 2.84. The lowest BCUT2D eigenvalue weighted by molar-refractivity contribution is 0.0955. The number of nitrogens with one attached hydrogen (secondary N) is 1. The van der Waals surface area contributed by atoms with Gasteiger partial charge in [0.05, 0.1) is 11.1 Å². The van der Waals surface area contributed by atoms with E-state index in [0.717, 1.165) is 12.8 Å². The summed E-state index contributed by atoms with van der Waals surface area (Å²) < 4.78 is 26.6. The van der Waals surface area contributed by atoms with Crippen molar-refractivity contribution in [2.24, 2.45) is 5.10 Å². The van der Waals surface area contributed by atoms with Crippen LogP contribution < -0.4 is 5.43 Å². The number of carbonyl (C=O) groups excluding carboxylic acids is 1. The van der Waals surface area contributed by atoms with E-state index in [-0.39, 0.29) is 27.5 Å². The van der Waals surface area contributed by atoms with Crippen LogP contribution in [0.1, 0.15) is 28.8 Å². The molecule has 1 saturated heterocycles. The van der Waals surface area contributed by atoms with E-state index in [4.69, 9.17) is 0 Å². The summed E-state index contributed by atoms with van der Waals surface area (Å²) >= 11 is 0. The summed E-state index contributed by atoms with van der Waals surface area (Å²) in [5.41, 5.74) is 2.64. The van der Waals surface area contributed by atoms with Gasteiger partial charge >= 0.3 is 0 Å². The van der Waals surface area contributed by atoms with Crippen molar-refractivity contribution in [1.29, 1.82) is 0 Å². The van der Waals surface area contributed by atoms with Gasteiger partial charge in [-0.1, -0.05) is 12.1 Å². The third-order valence-corrected chi connectivity index (χ3v) is 6.11. The summed E-state index contributed by atoms with van der Waals surface area (Å²) in [5.74, 6) is -1.25. The van der Waals surface area contributed by atoms with Gasteiger partial charge in [-0.2, -0.15) is 9.41 Å². The molecule has 3 N–H and O–H groups in total. The summed E-state index contributed by atoms with van der Waals surface area (Å²) in [5, 5.41) is 22.8. The molecule has 2 aromatic rings. The maximum absolute atomic E-state index is 12.6. The number of aromatic hydroxyl groups is 2. The Labute approximate surface area is 156 Å². The van der Waals surface area contributed by atoms with Gasteiger partial charge in [0.25, 0.3) is 5.91 Å². The van der Waals surface area contributed by atoms with Crippen LogP contribution in [-0.4, -0.2) is 48.1 Å². The van der Waals surface area contributed by atoms with Crippen LogP contribution in [0.25, 0.3) is 0 Å². The van der Waals surface area contributed by atoms with Gasteiger partial charge in [0.15, 0.2) is 11.5 Å². The molecule has 0 spiro atoms. The fourth-order valence-corrected chi connectivity index (χ4v) is 4.32. The Balaban J connectivity index is 1.74. The van der Waals surface area contributed by atoms with Crippen molar-refractivity contribution in [3.8, 4) is 11.5 Å². The minimum Gasteiger partial charge on any atom is -0.504 e. The lowest BCUT2D eigenvalue weighted by Crippen LogP contribution is -2.28. The molecule has 0 atom stereocenters. The molecule has 1 aliphatic heterocycles.